The maximum atomic E-state index is 13.1. The van der Waals surface area contributed by atoms with Crippen LogP contribution in [0.2, 0.25) is 0 Å². The molecule has 1 aliphatic heterocycles. The summed E-state index contributed by atoms with van der Waals surface area (Å²) in [7, 11) is 0. The number of aromatic nitrogens is 1. The Bertz CT molecular complexity index is 1120. The van der Waals surface area contributed by atoms with Crippen molar-refractivity contribution in [2.24, 2.45) is 0 Å². The van der Waals surface area contributed by atoms with E-state index in [2.05, 4.69) is 10.3 Å². The number of ether oxygens (including phenoxy) is 3. The summed E-state index contributed by atoms with van der Waals surface area (Å²) in [4.78, 5) is 16.5. The van der Waals surface area contributed by atoms with Crippen LogP contribution >= 0.6 is 0 Å². The number of alkyl halides is 3. The van der Waals surface area contributed by atoms with Crippen molar-refractivity contribution in [3.63, 3.8) is 0 Å². The van der Waals surface area contributed by atoms with Crippen molar-refractivity contribution in [2.45, 2.75) is 13.1 Å². The van der Waals surface area contributed by atoms with E-state index in [4.69, 9.17) is 14.2 Å². The first-order chi connectivity index (χ1) is 14.4. The third kappa shape index (κ3) is 3.83. The lowest BCUT2D eigenvalue weighted by atomic mass is 10.1. The van der Waals surface area contributed by atoms with Gasteiger partial charge >= 0.3 is 12.1 Å². The van der Waals surface area contributed by atoms with Crippen LogP contribution in [0.25, 0.3) is 10.9 Å². The SMILES string of the molecule is CCOC(=O)c1cnc2cc(C(F)(F)F)ccc2c1Nc1ccc2c(c1)OCCO2. The molecule has 4 rings (SSSR count). The van der Waals surface area contributed by atoms with Crippen LogP contribution in [0.1, 0.15) is 22.8 Å². The molecule has 0 amide bonds. The van der Waals surface area contributed by atoms with Gasteiger partial charge in [0.2, 0.25) is 0 Å². The second-order valence-electron chi connectivity index (χ2n) is 6.48. The Kier molecular flexibility index (Phi) is 5.11. The van der Waals surface area contributed by atoms with Crippen LogP contribution in [0, 0.1) is 0 Å². The van der Waals surface area contributed by atoms with Gasteiger partial charge in [0.05, 0.1) is 23.4 Å². The van der Waals surface area contributed by atoms with E-state index in [1.54, 1.807) is 25.1 Å². The van der Waals surface area contributed by atoms with Crippen molar-refractivity contribution in [1.29, 1.82) is 0 Å². The molecular weight excluding hydrogens is 401 g/mol. The fourth-order valence-corrected chi connectivity index (χ4v) is 3.13. The third-order valence-corrected chi connectivity index (χ3v) is 4.50. The highest BCUT2D eigenvalue weighted by atomic mass is 19.4. The molecule has 0 unspecified atom stereocenters. The van der Waals surface area contributed by atoms with Gasteiger partial charge in [-0.25, -0.2) is 4.79 Å². The van der Waals surface area contributed by atoms with E-state index >= 15 is 0 Å². The Morgan fingerprint density at radius 3 is 2.63 bits per heavy atom. The predicted molar refractivity (Wildman–Crippen MR) is 103 cm³/mol. The monoisotopic (exact) mass is 418 g/mol. The van der Waals surface area contributed by atoms with Gasteiger partial charge < -0.3 is 19.5 Å². The van der Waals surface area contributed by atoms with Crippen LogP contribution in [-0.2, 0) is 10.9 Å². The van der Waals surface area contributed by atoms with Crippen LogP contribution in [0.5, 0.6) is 11.5 Å². The molecule has 0 fully saturated rings. The van der Waals surface area contributed by atoms with Crippen molar-refractivity contribution in [3.05, 3.63) is 53.7 Å². The Labute approximate surface area is 169 Å². The number of anilines is 2. The average molecular weight is 418 g/mol. The predicted octanol–water partition coefficient (Wildman–Crippen LogP) is 4.95. The first kappa shape index (κ1) is 19.8. The molecule has 0 saturated carbocycles. The van der Waals surface area contributed by atoms with E-state index in [-0.39, 0.29) is 17.7 Å². The van der Waals surface area contributed by atoms with Crippen molar-refractivity contribution >= 4 is 28.2 Å². The molecule has 9 heteroatoms. The number of hydrogen-bond donors (Lipinski definition) is 1. The number of esters is 1. The van der Waals surface area contributed by atoms with Gasteiger partial charge in [-0.2, -0.15) is 13.2 Å². The minimum Gasteiger partial charge on any atom is -0.486 e. The van der Waals surface area contributed by atoms with Gasteiger partial charge in [0.25, 0.3) is 0 Å². The molecule has 1 aromatic heterocycles. The van der Waals surface area contributed by atoms with Crippen molar-refractivity contribution < 1.29 is 32.2 Å². The molecule has 0 atom stereocenters. The van der Waals surface area contributed by atoms with E-state index < -0.39 is 17.7 Å². The quantitative estimate of drug-likeness (QED) is 0.605. The summed E-state index contributed by atoms with van der Waals surface area (Å²) < 4.78 is 55.4. The molecule has 0 aliphatic carbocycles. The number of nitrogens with one attached hydrogen (secondary N) is 1. The van der Waals surface area contributed by atoms with Crippen LogP contribution in [0.4, 0.5) is 24.5 Å². The van der Waals surface area contributed by atoms with Crippen LogP contribution in [0.3, 0.4) is 0 Å². The molecular formula is C21H17F3N2O4. The molecule has 30 heavy (non-hydrogen) atoms. The number of carbonyl (C=O) groups excluding carboxylic acids is 1. The summed E-state index contributed by atoms with van der Waals surface area (Å²) in [6.07, 6.45) is -3.29. The first-order valence-electron chi connectivity index (χ1n) is 9.20. The molecule has 3 aromatic rings. The number of rotatable bonds is 4. The lowest BCUT2D eigenvalue weighted by Gasteiger charge is -2.20. The van der Waals surface area contributed by atoms with Gasteiger partial charge in [0.1, 0.15) is 18.8 Å². The minimum atomic E-state index is -4.50. The van der Waals surface area contributed by atoms with Gasteiger partial charge in [-0.3, -0.25) is 4.98 Å². The minimum absolute atomic E-state index is 0.0953. The Balaban J connectivity index is 1.82. The number of pyridine rings is 1. The van der Waals surface area contributed by atoms with Crippen molar-refractivity contribution in [3.8, 4) is 11.5 Å². The number of fused-ring (bicyclic) bond motifs is 2. The summed E-state index contributed by atoms with van der Waals surface area (Å²) in [6.45, 7) is 2.66. The number of carbonyl (C=O) groups is 1. The lowest BCUT2D eigenvalue weighted by molar-refractivity contribution is -0.137. The van der Waals surface area contributed by atoms with Gasteiger partial charge in [0, 0.05) is 23.3 Å². The fourth-order valence-electron chi connectivity index (χ4n) is 3.13. The van der Waals surface area contributed by atoms with Crippen LogP contribution in [0.15, 0.2) is 42.6 Å². The average Bonchev–Trinajstić information content (AvgIpc) is 2.73. The second kappa shape index (κ2) is 7.74. The highest BCUT2D eigenvalue weighted by molar-refractivity contribution is 6.06. The molecule has 156 valence electrons. The van der Waals surface area contributed by atoms with E-state index in [1.807, 2.05) is 0 Å². The second-order valence-corrected chi connectivity index (χ2v) is 6.48. The van der Waals surface area contributed by atoms with E-state index in [9.17, 15) is 18.0 Å². The maximum absolute atomic E-state index is 13.1. The largest absolute Gasteiger partial charge is 0.486 e. The molecule has 2 aromatic carbocycles. The maximum Gasteiger partial charge on any atom is 0.416 e. The summed E-state index contributed by atoms with van der Waals surface area (Å²) in [5, 5.41) is 3.46. The highest BCUT2D eigenvalue weighted by Gasteiger charge is 2.31. The Hall–Kier alpha value is -3.49. The van der Waals surface area contributed by atoms with E-state index in [0.717, 1.165) is 12.1 Å². The zero-order valence-corrected chi connectivity index (χ0v) is 15.9. The number of halogens is 3. The zero-order valence-electron chi connectivity index (χ0n) is 15.9. The molecule has 0 radical (unpaired) electrons. The fraction of sp³-hybridized carbons (Fsp3) is 0.238. The van der Waals surface area contributed by atoms with Crippen molar-refractivity contribution in [2.75, 3.05) is 25.1 Å². The van der Waals surface area contributed by atoms with Crippen molar-refractivity contribution in [1.82, 2.24) is 4.98 Å². The molecule has 1 N–H and O–H groups in total. The molecule has 0 saturated heterocycles. The van der Waals surface area contributed by atoms with Gasteiger partial charge in [-0.1, -0.05) is 6.07 Å². The molecule has 0 spiro atoms. The van der Waals surface area contributed by atoms with E-state index in [0.29, 0.717) is 41.5 Å². The van der Waals surface area contributed by atoms with Crippen LogP contribution in [-0.4, -0.2) is 30.8 Å². The smallest absolute Gasteiger partial charge is 0.416 e. The highest BCUT2D eigenvalue weighted by Crippen LogP contribution is 2.37. The number of hydrogen-bond acceptors (Lipinski definition) is 6. The first-order valence-corrected chi connectivity index (χ1v) is 9.20. The van der Waals surface area contributed by atoms with Crippen LogP contribution < -0.4 is 14.8 Å². The summed E-state index contributed by atoms with van der Waals surface area (Å²) >= 11 is 0. The summed E-state index contributed by atoms with van der Waals surface area (Å²) in [5.74, 6) is 0.486. The standard InChI is InChI=1S/C21H17F3N2O4/c1-2-28-20(27)15-11-25-16-9-12(21(22,23)24)3-5-14(16)19(15)26-13-4-6-17-18(10-13)30-8-7-29-17/h3-6,9-11H,2,7-8H2,1H3,(H,25,26). The molecule has 1 aliphatic rings. The normalized spacial score (nSPS) is 13.2. The molecule has 6 nitrogen and oxygen atoms in total. The molecule has 2 heterocycles. The molecule has 0 bridgehead atoms. The summed E-state index contributed by atoms with van der Waals surface area (Å²) in [6, 6.07) is 8.31. The van der Waals surface area contributed by atoms with Gasteiger partial charge in [-0.15, -0.1) is 0 Å². The lowest BCUT2D eigenvalue weighted by Crippen LogP contribution is -2.15. The third-order valence-electron chi connectivity index (χ3n) is 4.50. The Morgan fingerprint density at radius 1 is 1.13 bits per heavy atom. The Morgan fingerprint density at radius 2 is 1.90 bits per heavy atom. The summed E-state index contributed by atoms with van der Waals surface area (Å²) in [5.41, 5.74) is 0.245. The topological polar surface area (TPSA) is 69.7 Å². The number of benzene rings is 2. The number of nitrogens with zero attached hydrogens (tertiary/aromatic N) is 1. The zero-order chi connectivity index (χ0) is 21.3. The van der Waals surface area contributed by atoms with Gasteiger partial charge in [0.15, 0.2) is 11.5 Å². The van der Waals surface area contributed by atoms with E-state index in [1.165, 1.54) is 12.3 Å². The van der Waals surface area contributed by atoms with Gasteiger partial charge in [-0.05, 0) is 31.2 Å².